The molecule has 0 fully saturated rings. The van der Waals surface area contributed by atoms with Gasteiger partial charge < -0.3 is 14.8 Å². The van der Waals surface area contributed by atoms with E-state index in [9.17, 15) is 0 Å². The second-order valence-corrected chi connectivity index (χ2v) is 3.97. The van der Waals surface area contributed by atoms with Crippen molar-refractivity contribution in [3.63, 3.8) is 0 Å². The van der Waals surface area contributed by atoms with Crippen molar-refractivity contribution in [2.24, 2.45) is 0 Å². The van der Waals surface area contributed by atoms with E-state index in [2.05, 4.69) is 19.2 Å². The lowest BCUT2D eigenvalue weighted by molar-refractivity contribution is 0.255. The molecule has 0 aromatic carbocycles. The Hall–Kier alpha value is -0.800. The first-order valence-corrected chi connectivity index (χ1v) is 5.65. The average molecular weight is 211 g/mol. The fraction of sp³-hybridized carbons (Fsp3) is 0.667. The lowest BCUT2D eigenvalue weighted by Crippen LogP contribution is -2.37. The van der Waals surface area contributed by atoms with Crippen LogP contribution in [0.15, 0.2) is 22.8 Å². The van der Waals surface area contributed by atoms with E-state index in [1.165, 1.54) is 0 Å². The van der Waals surface area contributed by atoms with Gasteiger partial charge >= 0.3 is 0 Å². The average Bonchev–Trinajstić information content (AvgIpc) is 2.69. The van der Waals surface area contributed by atoms with Crippen molar-refractivity contribution in [3.05, 3.63) is 24.2 Å². The zero-order valence-corrected chi connectivity index (χ0v) is 9.57. The lowest BCUT2D eigenvalue weighted by atomic mass is 10.1. The number of hydrogen-bond acceptors (Lipinski definition) is 3. The standard InChI is InChI=1S/C12H21NO2/c1-3-11(6-7-14)13-10(2)9-12-5-4-8-15-12/h4-5,8,10-11,13-14H,3,6-7,9H2,1-2H3. The zero-order valence-electron chi connectivity index (χ0n) is 9.57. The molecule has 0 aliphatic heterocycles. The number of rotatable bonds is 7. The SMILES string of the molecule is CCC(CCO)NC(C)Cc1ccco1. The number of furan rings is 1. The van der Waals surface area contributed by atoms with E-state index in [1.807, 2.05) is 12.1 Å². The highest BCUT2D eigenvalue weighted by molar-refractivity contribution is 5.00. The molecule has 1 heterocycles. The van der Waals surface area contributed by atoms with Gasteiger partial charge in [0.25, 0.3) is 0 Å². The third-order valence-electron chi connectivity index (χ3n) is 2.58. The van der Waals surface area contributed by atoms with Gasteiger partial charge in [-0.2, -0.15) is 0 Å². The Morgan fingerprint density at radius 3 is 2.87 bits per heavy atom. The first-order valence-electron chi connectivity index (χ1n) is 5.65. The van der Waals surface area contributed by atoms with E-state index >= 15 is 0 Å². The number of aliphatic hydroxyl groups is 1. The van der Waals surface area contributed by atoms with Crippen LogP contribution >= 0.6 is 0 Å². The van der Waals surface area contributed by atoms with Gasteiger partial charge in [0.2, 0.25) is 0 Å². The fourth-order valence-electron chi connectivity index (χ4n) is 1.75. The molecular weight excluding hydrogens is 190 g/mol. The van der Waals surface area contributed by atoms with Gasteiger partial charge in [0, 0.05) is 25.1 Å². The maximum absolute atomic E-state index is 8.88. The maximum Gasteiger partial charge on any atom is 0.105 e. The minimum atomic E-state index is 0.249. The molecule has 3 nitrogen and oxygen atoms in total. The van der Waals surface area contributed by atoms with Crippen molar-refractivity contribution in [2.75, 3.05) is 6.61 Å². The second kappa shape index (κ2) is 6.64. The topological polar surface area (TPSA) is 45.4 Å². The zero-order chi connectivity index (χ0) is 11.1. The van der Waals surface area contributed by atoms with Crippen molar-refractivity contribution in [3.8, 4) is 0 Å². The lowest BCUT2D eigenvalue weighted by Gasteiger charge is -2.20. The van der Waals surface area contributed by atoms with Crippen LogP contribution in [0.2, 0.25) is 0 Å². The molecule has 2 atom stereocenters. The summed E-state index contributed by atoms with van der Waals surface area (Å²) in [5.74, 6) is 1.01. The van der Waals surface area contributed by atoms with E-state index in [0.717, 1.165) is 25.0 Å². The largest absolute Gasteiger partial charge is 0.469 e. The summed E-state index contributed by atoms with van der Waals surface area (Å²) < 4.78 is 5.29. The summed E-state index contributed by atoms with van der Waals surface area (Å²) in [5.41, 5.74) is 0. The Bertz CT molecular complexity index is 246. The van der Waals surface area contributed by atoms with Gasteiger partial charge in [0.05, 0.1) is 6.26 Å². The molecule has 1 aromatic heterocycles. The summed E-state index contributed by atoms with van der Waals surface area (Å²) in [6, 6.07) is 4.69. The quantitative estimate of drug-likeness (QED) is 0.724. The van der Waals surface area contributed by atoms with Crippen LogP contribution in [0, 0.1) is 0 Å². The van der Waals surface area contributed by atoms with Gasteiger partial charge in [-0.15, -0.1) is 0 Å². The van der Waals surface area contributed by atoms with Crippen molar-refractivity contribution >= 4 is 0 Å². The number of hydrogen-bond donors (Lipinski definition) is 2. The molecule has 0 aliphatic rings. The van der Waals surface area contributed by atoms with Gasteiger partial charge in [0.1, 0.15) is 5.76 Å². The second-order valence-electron chi connectivity index (χ2n) is 3.97. The minimum Gasteiger partial charge on any atom is -0.469 e. The summed E-state index contributed by atoms with van der Waals surface area (Å²) >= 11 is 0. The predicted molar refractivity (Wildman–Crippen MR) is 60.8 cm³/mol. The summed E-state index contributed by atoms with van der Waals surface area (Å²) in [6.07, 6.45) is 4.46. The monoisotopic (exact) mass is 211 g/mol. The maximum atomic E-state index is 8.88. The Morgan fingerprint density at radius 2 is 2.33 bits per heavy atom. The van der Waals surface area contributed by atoms with E-state index in [1.54, 1.807) is 6.26 Å². The molecule has 3 heteroatoms. The van der Waals surface area contributed by atoms with Crippen LogP contribution in [-0.4, -0.2) is 23.8 Å². The molecule has 0 aliphatic carbocycles. The molecule has 0 saturated heterocycles. The van der Waals surface area contributed by atoms with Gasteiger partial charge in [-0.3, -0.25) is 0 Å². The van der Waals surface area contributed by atoms with Crippen LogP contribution < -0.4 is 5.32 Å². The Balaban J connectivity index is 2.30. The molecule has 2 N–H and O–H groups in total. The third-order valence-corrected chi connectivity index (χ3v) is 2.58. The van der Waals surface area contributed by atoms with Crippen LogP contribution in [-0.2, 0) is 6.42 Å². The van der Waals surface area contributed by atoms with E-state index in [4.69, 9.17) is 9.52 Å². The van der Waals surface area contributed by atoms with Crippen LogP contribution in [0.25, 0.3) is 0 Å². The highest BCUT2D eigenvalue weighted by Crippen LogP contribution is 2.06. The number of nitrogens with one attached hydrogen (secondary N) is 1. The molecule has 0 saturated carbocycles. The highest BCUT2D eigenvalue weighted by Gasteiger charge is 2.11. The molecule has 1 rings (SSSR count). The molecule has 0 spiro atoms. The van der Waals surface area contributed by atoms with Crippen LogP contribution in [0.3, 0.4) is 0 Å². The first-order chi connectivity index (χ1) is 7.26. The summed E-state index contributed by atoms with van der Waals surface area (Å²) in [4.78, 5) is 0. The van der Waals surface area contributed by atoms with Crippen molar-refractivity contribution in [1.82, 2.24) is 5.32 Å². The molecule has 0 bridgehead atoms. The van der Waals surface area contributed by atoms with Gasteiger partial charge in [-0.25, -0.2) is 0 Å². The molecule has 2 unspecified atom stereocenters. The molecular formula is C12H21NO2. The Kier molecular flexibility index (Phi) is 5.43. The van der Waals surface area contributed by atoms with E-state index < -0.39 is 0 Å². The molecule has 0 amide bonds. The van der Waals surface area contributed by atoms with Gasteiger partial charge in [-0.05, 0) is 31.9 Å². The molecule has 0 radical (unpaired) electrons. The summed E-state index contributed by atoms with van der Waals surface area (Å²) in [7, 11) is 0. The van der Waals surface area contributed by atoms with Crippen LogP contribution in [0.5, 0.6) is 0 Å². The van der Waals surface area contributed by atoms with Crippen molar-refractivity contribution in [1.29, 1.82) is 0 Å². The highest BCUT2D eigenvalue weighted by atomic mass is 16.3. The molecule has 15 heavy (non-hydrogen) atoms. The van der Waals surface area contributed by atoms with E-state index in [-0.39, 0.29) is 6.61 Å². The summed E-state index contributed by atoms with van der Waals surface area (Å²) in [5, 5.41) is 12.4. The first kappa shape index (κ1) is 12.3. The minimum absolute atomic E-state index is 0.249. The van der Waals surface area contributed by atoms with Crippen molar-refractivity contribution < 1.29 is 9.52 Å². The number of aliphatic hydroxyl groups excluding tert-OH is 1. The fourth-order valence-corrected chi connectivity index (χ4v) is 1.75. The van der Waals surface area contributed by atoms with Crippen molar-refractivity contribution in [2.45, 2.75) is 45.2 Å². The Labute approximate surface area is 91.5 Å². The van der Waals surface area contributed by atoms with Crippen LogP contribution in [0.1, 0.15) is 32.4 Å². The normalized spacial score (nSPS) is 15.1. The van der Waals surface area contributed by atoms with Crippen LogP contribution in [0.4, 0.5) is 0 Å². The molecule has 1 aromatic rings. The summed E-state index contributed by atoms with van der Waals surface area (Å²) in [6.45, 7) is 4.52. The van der Waals surface area contributed by atoms with Gasteiger partial charge in [-0.1, -0.05) is 6.92 Å². The predicted octanol–water partition coefficient (Wildman–Crippen LogP) is 1.96. The smallest absolute Gasteiger partial charge is 0.105 e. The molecule has 86 valence electrons. The van der Waals surface area contributed by atoms with E-state index in [0.29, 0.717) is 12.1 Å². The third kappa shape index (κ3) is 4.49. The Morgan fingerprint density at radius 1 is 1.53 bits per heavy atom. The van der Waals surface area contributed by atoms with Gasteiger partial charge in [0.15, 0.2) is 0 Å².